The molecule has 0 bridgehead atoms. The van der Waals surface area contributed by atoms with Crippen LogP contribution >= 0.6 is 11.6 Å². The first-order valence-corrected chi connectivity index (χ1v) is 9.99. The summed E-state index contributed by atoms with van der Waals surface area (Å²) >= 11 is 6.02. The van der Waals surface area contributed by atoms with Gasteiger partial charge in [0.2, 0.25) is 10.0 Å². The standard InChI is InChI=1S/C18H19ClN2O2S.H2O/c19-14-7-5-13(6-8-14)18-16-3-1-2-4-17(16)24(22,23)21(18)15-9-11-20-12-10-15;/h1-8,15,18,20H,9-12H2;1H2. The minimum Gasteiger partial charge on any atom is -0.412 e. The van der Waals surface area contributed by atoms with E-state index in [0.717, 1.165) is 37.1 Å². The maximum absolute atomic E-state index is 13.2. The third-order valence-electron chi connectivity index (χ3n) is 4.88. The zero-order valence-electron chi connectivity index (χ0n) is 13.7. The van der Waals surface area contributed by atoms with Crippen molar-refractivity contribution in [2.24, 2.45) is 0 Å². The van der Waals surface area contributed by atoms with E-state index in [-0.39, 0.29) is 17.6 Å². The highest BCUT2D eigenvalue weighted by Crippen LogP contribution is 2.45. The Balaban J connectivity index is 0.00000182. The van der Waals surface area contributed by atoms with Crippen molar-refractivity contribution in [2.75, 3.05) is 13.1 Å². The molecule has 25 heavy (non-hydrogen) atoms. The zero-order chi connectivity index (χ0) is 16.7. The van der Waals surface area contributed by atoms with E-state index in [1.165, 1.54) is 0 Å². The predicted octanol–water partition coefficient (Wildman–Crippen LogP) is 2.36. The van der Waals surface area contributed by atoms with Crippen molar-refractivity contribution in [3.8, 4) is 0 Å². The molecule has 7 heteroatoms. The molecule has 134 valence electrons. The van der Waals surface area contributed by atoms with Crippen LogP contribution in [0.25, 0.3) is 0 Å². The fraction of sp³-hybridized carbons (Fsp3) is 0.333. The number of hydrogen-bond donors (Lipinski definition) is 1. The van der Waals surface area contributed by atoms with E-state index in [0.29, 0.717) is 9.92 Å². The molecule has 0 saturated carbocycles. The third kappa shape index (κ3) is 3.09. The second-order valence-corrected chi connectivity index (χ2v) is 8.56. The van der Waals surface area contributed by atoms with Crippen LogP contribution in [-0.4, -0.2) is 37.3 Å². The minimum absolute atomic E-state index is 0. The number of sulfonamides is 1. The van der Waals surface area contributed by atoms with Crippen LogP contribution < -0.4 is 5.32 Å². The number of hydrogen-bond acceptors (Lipinski definition) is 3. The van der Waals surface area contributed by atoms with Crippen molar-refractivity contribution in [1.82, 2.24) is 9.62 Å². The summed E-state index contributed by atoms with van der Waals surface area (Å²) in [5.41, 5.74) is 1.82. The van der Waals surface area contributed by atoms with Gasteiger partial charge in [-0.2, -0.15) is 4.31 Å². The van der Waals surface area contributed by atoms with Gasteiger partial charge in [0, 0.05) is 11.1 Å². The van der Waals surface area contributed by atoms with Gasteiger partial charge in [-0.1, -0.05) is 41.9 Å². The van der Waals surface area contributed by atoms with Crippen molar-refractivity contribution in [3.63, 3.8) is 0 Å². The summed E-state index contributed by atoms with van der Waals surface area (Å²) in [4.78, 5) is 0.434. The van der Waals surface area contributed by atoms with E-state index < -0.39 is 10.0 Å². The van der Waals surface area contributed by atoms with Crippen LogP contribution in [0.4, 0.5) is 0 Å². The Labute approximate surface area is 153 Å². The number of rotatable bonds is 2. The summed E-state index contributed by atoms with van der Waals surface area (Å²) < 4.78 is 28.2. The largest absolute Gasteiger partial charge is 0.412 e. The first-order valence-electron chi connectivity index (χ1n) is 8.18. The monoisotopic (exact) mass is 380 g/mol. The molecule has 4 rings (SSSR count). The molecule has 2 aromatic carbocycles. The van der Waals surface area contributed by atoms with Crippen LogP contribution in [-0.2, 0) is 10.0 Å². The maximum atomic E-state index is 13.2. The fourth-order valence-corrected chi connectivity index (χ4v) is 5.97. The second-order valence-electron chi connectivity index (χ2n) is 6.31. The molecule has 0 aromatic heterocycles. The number of piperidine rings is 1. The summed E-state index contributed by atoms with van der Waals surface area (Å²) in [6.45, 7) is 1.70. The number of nitrogens with zero attached hydrogens (tertiary/aromatic N) is 1. The van der Waals surface area contributed by atoms with E-state index >= 15 is 0 Å². The summed E-state index contributed by atoms with van der Waals surface area (Å²) in [6.07, 6.45) is 1.66. The Bertz CT molecular complexity index is 849. The molecule has 1 saturated heterocycles. The molecular weight excluding hydrogens is 360 g/mol. The van der Waals surface area contributed by atoms with Crippen molar-refractivity contribution >= 4 is 21.6 Å². The normalized spacial score (nSPS) is 23.0. The Morgan fingerprint density at radius 3 is 2.32 bits per heavy atom. The van der Waals surface area contributed by atoms with Crippen LogP contribution in [0.1, 0.15) is 30.0 Å². The maximum Gasteiger partial charge on any atom is 0.244 e. The van der Waals surface area contributed by atoms with Gasteiger partial charge < -0.3 is 10.8 Å². The first-order chi connectivity index (χ1) is 11.6. The molecule has 0 radical (unpaired) electrons. The number of benzene rings is 2. The Kier molecular flexibility index (Phi) is 5.18. The molecule has 0 amide bonds. The van der Waals surface area contributed by atoms with Crippen LogP contribution in [0.3, 0.4) is 0 Å². The molecule has 2 aliphatic rings. The lowest BCUT2D eigenvalue weighted by Gasteiger charge is -2.34. The fourth-order valence-electron chi connectivity index (χ4n) is 3.77. The van der Waals surface area contributed by atoms with Crippen LogP contribution in [0.15, 0.2) is 53.4 Å². The molecule has 1 fully saturated rings. The van der Waals surface area contributed by atoms with Gasteiger partial charge in [-0.25, -0.2) is 8.42 Å². The van der Waals surface area contributed by atoms with E-state index in [4.69, 9.17) is 11.6 Å². The van der Waals surface area contributed by atoms with Crippen LogP contribution in [0.5, 0.6) is 0 Å². The van der Waals surface area contributed by atoms with Gasteiger partial charge in [0.25, 0.3) is 0 Å². The molecule has 2 heterocycles. The lowest BCUT2D eigenvalue weighted by atomic mass is 9.96. The quantitative estimate of drug-likeness (QED) is 0.868. The average molecular weight is 381 g/mol. The second kappa shape index (κ2) is 7.05. The lowest BCUT2D eigenvalue weighted by molar-refractivity contribution is 0.239. The van der Waals surface area contributed by atoms with Crippen molar-refractivity contribution in [3.05, 3.63) is 64.7 Å². The van der Waals surface area contributed by atoms with Crippen LogP contribution in [0.2, 0.25) is 5.02 Å². The molecule has 3 N–H and O–H groups in total. The summed E-state index contributed by atoms with van der Waals surface area (Å²) in [7, 11) is -3.48. The summed E-state index contributed by atoms with van der Waals surface area (Å²) in [5.74, 6) is 0. The van der Waals surface area contributed by atoms with Gasteiger partial charge in [-0.05, 0) is 55.3 Å². The Morgan fingerprint density at radius 1 is 1.00 bits per heavy atom. The van der Waals surface area contributed by atoms with E-state index in [9.17, 15) is 8.42 Å². The summed E-state index contributed by atoms with van der Waals surface area (Å²) in [6, 6.07) is 14.6. The van der Waals surface area contributed by atoms with Gasteiger partial charge >= 0.3 is 0 Å². The first kappa shape index (κ1) is 18.4. The topological polar surface area (TPSA) is 80.9 Å². The molecule has 2 aromatic rings. The predicted molar refractivity (Wildman–Crippen MR) is 98.3 cm³/mol. The molecule has 2 aliphatic heterocycles. The smallest absolute Gasteiger partial charge is 0.244 e. The van der Waals surface area contributed by atoms with E-state index in [1.54, 1.807) is 16.4 Å². The van der Waals surface area contributed by atoms with Crippen molar-refractivity contribution in [2.45, 2.75) is 29.8 Å². The van der Waals surface area contributed by atoms with Crippen molar-refractivity contribution < 1.29 is 13.9 Å². The Hall–Kier alpha value is -1.44. The molecule has 1 atom stereocenters. The Morgan fingerprint density at radius 2 is 1.64 bits per heavy atom. The molecule has 5 nitrogen and oxygen atoms in total. The third-order valence-corrected chi connectivity index (χ3v) is 7.12. The zero-order valence-corrected chi connectivity index (χ0v) is 15.2. The lowest BCUT2D eigenvalue weighted by Crippen LogP contribution is -2.45. The van der Waals surface area contributed by atoms with Gasteiger partial charge in [0.05, 0.1) is 10.9 Å². The highest BCUT2D eigenvalue weighted by molar-refractivity contribution is 7.89. The van der Waals surface area contributed by atoms with E-state index in [1.807, 2.05) is 36.4 Å². The number of halogens is 1. The van der Waals surface area contributed by atoms with Crippen molar-refractivity contribution in [1.29, 1.82) is 0 Å². The SMILES string of the molecule is O.O=S1(=O)c2ccccc2C(c2ccc(Cl)cc2)N1C1CCNCC1. The molecular formula is C18H21ClN2O3S. The molecule has 1 unspecified atom stereocenters. The molecule has 0 spiro atoms. The van der Waals surface area contributed by atoms with Gasteiger partial charge in [-0.15, -0.1) is 0 Å². The van der Waals surface area contributed by atoms with E-state index in [2.05, 4.69) is 5.32 Å². The van der Waals surface area contributed by atoms with Gasteiger partial charge in [-0.3, -0.25) is 0 Å². The average Bonchev–Trinajstić information content (AvgIpc) is 2.84. The minimum atomic E-state index is -3.48. The highest BCUT2D eigenvalue weighted by Gasteiger charge is 2.46. The summed E-state index contributed by atoms with van der Waals surface area (Å²) in [5, 5.41) is 3.96. The highest BCUT2D eigenvalue weighted by atomic mass is 35.5. The molecule has 0 aliphatic carbocycles. The number of fused-ring (bicyclic) bond motifs is 1. The van der Waals surface area contributed by atoms with Gasteiger partial charge in [0.1, 0.15) is 0 Å². The van der Waals surface area contributed by atoms with Gasteiger partial charge in [0.15, 0.2) is 0 Å². The van der Waals surface area contributed by atoms with Crippen LogP contribution in [0, 0.1) is 0 Å². The number of nitrogens with one attached hydrogen (secondary N) is 1.